The molecule has 2 N–H and O–H groups in total. The SMILES string of the molecule is NC(=O)N1C(=O)[CH]N=C(c2ccc(Cl)cc2)c2ccccc21. The van der Waals surface area contributed by atoms with E-state index in [0.717, 1.165) is 17.0 Å². The Morgan fingerprint density at radius 1 is 1.09 bits per heavy atom. The predicted molar refractivity (Wildman–Crippen MR) is 84.9 cm³/mol. The predicted octanol–water partition coefficient (Wildman–Crippen LogP) is 2.76. The molecule has 6 heteroatoms. The first-order valence-electron chi connectivity index (χ1n) is 6.48. The number of carbonyl (C=O) groups is 2. The number of hydrogen-bond donors (Lipinski definition) is 1. The molecule has 0 fully saturated rings. The molecule has 1 radical (unpaired) electrons. The maximum Gasteiger partial charge on any atom is 0.326 e. The quantitative estimate of drug-likeness (QED) is 0.879. The molecule has 1 heterocycles. The normalized spacial score (nSPS) is 14.1. The summed E-state index contributed by atoms with van der Waals surface area (Å²) in [7, 11) is 0. The Kier molecular flexibility index (Phi) is 3.65. The van der Waals surface area contributed by atoms with E-state index in [2.05, 4.69) is 4.99 Å². The van der Waals surface area contributed by atoms with E-state index in [1.807, 2.05) is 0 Å². The fourth-order valence-electron chi connectivity index (χ4n) is 2.30. The molecule has 0 atom stereocenters. The summed E-state index contributed by atoms with van der Waals surface area (Å²) in [5.74, 6) is -0.580. The number of aliphatic imine (C=N–C) groups is 1. The molecular formula is C16H11ClN3O2. The highest BCUT2D eigenvalue weighted by atomic mass is 35.5. The first kappa shape index (κ1) is 14.3. The number of para-hydroxylation sites is 1. The van der Waals surface area contributed by atoms with E-state index in [0.29, 0.717) is 22.0 Å². The van der Waals surface area contributed by atoms with Crippen LogP contribution >= 0.6 is 11.6 Å². The van der Waals surface area contributed by atoms with Crippen LogP contribution in [0.2, 0.25) is 5.02 Å². The molecule has 0 saturated heterocycles. The standard InChI is InChI=1S/C16H11ClN3O2/c17-11-7-5-10(6-8-11)15-12-3-1-2-4-13(12)20(16(18)22)14(21)9-19-15/h1-9H,(H2,18,22). The summed E-state index contributed by atoms with van der Waals surface area (Å²) in [5.41, 5.74) is 7.73. The van der Waals surface area contributed by atoms with Gasteiger partial charge in [0.1, 0.15) is 0 Å². The van der Waals surface area contributed by atoms with Crippen molar-refractivity contribution in [1.29, 1.82) is 0 Å². The van der Waals surface area contributed by atoms with Gasteiger partial charge < -0.3 is 5.73 Å². The van der Waals surface area contributed by atoms with Gasteiger partial charge in [-0.2, -0.15) is 0 Å². The van der Waals surface area contributed by atoms with E-state index in [9.17, 15) is 9.59 Å². The number of amides is 3. The van der Waals surface area contributed by atoms with Crippen molar-refractivity contribution in [2.45, 2.75) is 0 Å². The molecule has 0 aromatic heterocycles. The zero-order valence-electron chi connectivity index (χ0n) is 11.4. The van der Waals surface area contributed by atoms with Gasteiger partial charge in [0.25, 0.3) is 5.91 Å². The summed E-state index contributed by atoms with van der Waals surface area (Å²) in [6.45, 7) is 1.09. The second-order valence-corrected chi connectivity index (χ2v) is 5.08. The number of halogens is 1. The lowest BCUT2D eigenvalue weighted by molar-refractivity contribution is -0.114. The van der Waals surface area contributed by atoms with Gasteiger partial charge in [0.2, 0.25) is 0 Å². The second-order valence-electron chi connectivity index (χ2n) is 4.64. The highest BCUT2D eigenvalue weighted by molar-refractivity contribution is 6.31. The lowest BCUT2D eigenvalue weighted by Gasteiger charge is -2.18. The summed E-state index contributed by atoms with van der Waals surface area (Å²) in [4.78, 5) is 28.8. The zero-order valence-corrected chi connectivity index (χ0v) is 12.1. The molecule has 0 saturated carbocycles. The molecule has 2 aromatic carbocycles. The number of primary amides is 1. The first-order chi connectivity index (χ1) is 10.6. The number of anilines is 1. The van der Waals surface area contributed by atoms with Crippen molar-refractivity contribution in [2.24, 2.45) is 10.7 Å². The number of nitrogens with two attached hydrogens (primary N) is 1. The molecule has 3 amide bonds. The van der Waals surface area contributed by atoms with Crippen LogP contribution in [0.5, 0.6) is 0 Å². The van der Waals surface area contributed by atoms with Gasteiger partial charge in [-0.1, -0.05) is 41.9 Å². The summed E-state index contributed by atoms with van der Waals surface area (Å²) in [5, 5.41) is 0.602. The Morgan fingerprint density at radius 3 is 2.45 bits per heavy atom. The van der Waals surface area contributed by atoms with E-state index < -0.39 is 11.9 Å². The molecule has 0 bridgehead atoms. The van der Waals surface area contributed by atoms with Gasteiger partial charge in [-0.05, 0) is 18.2 Å². The smallest absolute Gasteiger partial charge is 0.326 e. The topological polar surface area (TPSA) is 75.8 Å². The Morgan fingerprint density at radius 2 is 1.77 bits per heavy atom. The maximum absolute atomic E-state index is 12.1. The molecule has 1 aliphatic rings. The number of hydrogen-bond acceptors (Lipinski definition) is 3. The largest absolute Gasteiger partial charge is 0.351 e. The highest BCUT2D eigenvalue weighted by Gasteiger charge is 2.28. The van der Waals surface area contributed by atoms with Crippen LogP contribution in [0, 0.1) is 6.54 Å². The van der Waals surface area contributed by atoms with Crippen LogP contribution in [0.15, 0.2) is 53.5 Å². The molecule has 0 unspecified atom stereocenters. The molecule has 0 spiro atoms. The van der Waals surface area contributed by atoms with Gasteiger partial charge >= 0.3 is 6.03 Å². The molecule has 0 aliphatic carbocycles. The van der Waals surface area contributed by atoms with Crippen molar-refractivity contribution in [1.82, 2.24) is 0 Å². The van der Waals surface area contributed by atoms with Gasteiger partial charge in [-0.25, -0.2) is 9.69 Å². The third-order valence-electron chi connectivity index (χ3n) is 3.26. The number of benzodiazepines with no additional fused rings is 1. The van der Waals surface area contributed by atoms with Gasteiger partial charge in [-0.3, -0.25) is 9.79 Å². The van der Waals surface area contributed by atoms with E-state index in [-0.39, 0.29) is 0 Å². The number of benzene rings is 2. The van der Waals surface area contributed by atoms with Crippen molar-refractivity contribution in [2.75, 3.05) is 4.90 Å². The number of nitrogens with zero attached hydrogens (tertiary/aromatic N) is 2. The lowest BCUT2D eigenvalue weighted by Crippen LogP contribution is -2.40. The lowest BCUT2D eigenvalue weighted by atomic mass is 10.0. The van der Waals surface area contributed by atoms with Crippen molar-refractivity contribution in [3.63, 3.8) is 0 Å². The summed E-state index contributed by atoms with van der Waals surface area (Å²) < 4.78 is 0. The van der Waals surface area contributed by atoms with Crippen molar-refractivity contribution in [3.05, 3.63) is 71.2 Å². The van der Waals surface area contributed by atoms with Gasteiger partial charge in [0.15, 0.2) is 6.54 Å². The summed E-state index contributed by atoms with van der Waals surface area (Å²) in [6.07, 6.45) is 0. The minimum atomic E-state index is -0.846. The maximum atomic E-state index is 12.1. The Hall–Kier alpha value is -2.66. The molecule has 22 heavy (non-hydrogen) atoms. The minimum absolute atomic E-state index is 0.405. The van der Waals surface area contributed by atoms with Crippen LogP contribution < -0.4 is 10.6 Å². The van der Waals surface area contributed by atoms with E-state index >= 15 is 0 Å². The number of imide groups is 1. The van der Waals surface area contributed by atoms with E-state index in [1.165, 1.54) is 0 Å². The number of fused-ring (bicyclic) bond motifs is 1. The summed E-state index contributed by atoms with van der Waals surface area (Å²) >= 11 is 5.90. The van der Waals surface area contributed by atoms with Gasteiger partial charge in [0, 0.05) is 16.1 Å². The van der Waals surface area contributed by atoms with Crippen LogP contribution in [0.4, 0.5) is 10.5 Å². The molecule has 1 aliphatic heterocycles. The van der Waals surface area contributed by atoms with Gasteiger partial charge in [0.05, 0.1) is 11.4 Å². The van der Waals surface area contributed by atoms with E-state index in [4.69, 9.17) is 17.3 Å². The monoisotopic (exact) mass is 312 g/mol. The number of rotatable bonds is 1. The van der Waals surface area contributed by atoms with Crippen LogP contribution in [0.1, 0.15) is 11.1 Å². The van der Waals surface area contributed by atoms with Gasteiger partial charge in [-0.15, -0.1) is 0 Å². The molecule has 2 aromatic rings. The van der Waals surface area contributed by atoms with Crippen LogP contribution in [0.3, 0.4) is 0 Å². The third-order valence-corrected chi connectivity index (χ3v) is 3.51. The summed E-state index contributed by atoms with van der Waals surface area (Å²) in [6, 6.07) is 13.2. The minimum Gasteiger partial charge on any atom is -0.351 e. The van der Waals surface area contributed by atoms with Crippen molar-refractivity contribution < 1.29 is 9.59 Å². The number of urea groups is 1. The van der Waals surface area contributed by atoms with Crippen LogP contribution in [-0.4, -0.2) is 17.6 Å². The molecule has 5 nitrogen and oxygen atoms in total. The average Bonchev–Trinajstić information content (AvgIpc) is 2.64. The molecule has 109 valence electrons. The second kappa shape index (κ2) is 5.61. The van der Waals surface area contributed by atoms with Crippen molar-refractivity contribution in [3.8, 4) is 0 Å². The fourth-order valence-corrected chi connectivity index (χ4v) is 2.43. The zero-order chi connectivity index (χ0) is 15.7. The Balaban J connectivity index is 2.19. The molecule has 3 rings (SSSR count). The first-order valence-corrected chi connectivity index (χ1v) is 6.85. The van der Waals surface area contributed by atoms with Crippen LogP contribution in [0.25, 0.3) is 0 Å². The highest BCUT2D eigenvalue weighted by Crippen LogP contribution is 2.27. The Bertz CT molecular complexity index is 784. The van der Waals surface area contributed by atoms with Crippen LogP contribution in [-0.2, 0) is 4.79 Å². The number of carbonyl (C=O) groups excluding carboxylic acids is 2. The van der Waals surface area contributed by atoms with Crippen molar-refractivity contribution >= 4 is 34.9 Å². The Labute approximate surface area is 132 Å². The molecular weight excluding hydrogens is 302 g/mol. The van der Waals surface area contributed by atoms with E-state index in [1.54, 1.807) is 48.5 Å². The third kappa shape index (κ3) is 2.46. The fraction of sp³-hybridized carbons (Fsp3) is 0. The average molecular weight is 313 g/mol.